The maximum Gasteiger partial charge on any atom is 0.161 e. The summed E-state index contributed by atoms with van der Waals surface area (Å²) in [5, 5.41) is 14.3. The molecule has 5 heteroatoms. The quantitative estimate of drug-likeness (QED) is 0.657. The molecule has 2 aromatic rings. The van der Waals surface area contributed by atoms with Crippen molar-refractivity contribution < 1.29 is 9.84 Å². The standard InChI is InChI=1S/C15H15ClN2O2/c1-20-15-8-12(4-7-14(15)19)10-18-17-9-11-2-5-13(16)6-3-11/h2-8,10,17,19H,9H2,1H3/b18-10-. The summed E-state index contributed by atoms with van der Waals surface area (Å²) in [6, 6.07) is 12.6. The van der Waals surface area contributed by atoms with Crippen LogP contribution in [0.4, 0.5) is 0 Å². The Labute approximate surface area is 122 Å². The molecule has 2 aromatic carbocycles. The number of rotatable bonds is 5. The third kappa shape index (κ3) is 3.90. The molecule has 0 aromatic heterocycles. The van der Waals surface area contributed by atoms with Crippen molar-refractivity contribution in [2.75, 3.05) is 7.11 Å². The molecule has 4 nitrogen and oxygen atoms in total. The van der Waals surface area contributed by atoms with E-state index in [4.69, 9.17) is 16.3 Å². The zero-order valence-corrected chi connectivity index (χ0v) is 11.8. The number of hydrogen-bond acceptors (Lipinski definition) is 4. The maximum absolute atomic E-state index is 9.48. The van der Waals surface area contributed by atoms with Gasteiger partial charge in [-0.3, -0.25) is 0 Å². The zero-order chi connectivity index (χ0) is 14.4. The average molecular weight is 291 g/mol. The first-order valence-corrected chi connectivity index (χ1v) is 6.44. The SMILES string of the molecule is COc1cc(/C=N\NCc2ccc(Cl)cc2)ccc1O. The van der Waals surface area contributed by atoms with Crippen LogP contribution in [0.3, 0.4) is 0 Å². The number of ether oxygens (including phenoxy) is 1. The van der Waals surface area contributed by atoms with Crippen LogP contribution in [0.5, 0.6) is 11.5 Å². The van der Waals surface area contributed by atoms with Crippen molar-refractivity contribution in [1.29, 1.82) is 0 Å². The van der Waals surface area contributed by atoms with Gasteiger partial charge in [-0.05, 0) is 41.5 Å². The van der Waals surface area contributed by atoms with Gasteiger partial charge in [-0.25, -0.2) is 0 Å². The second-order valence-corrected chi connectivity index (χ2v) is 4.59. The highest BCUT2D eigenvalue weighted by Gasteiger charge is 2.00. The fourth-order valence-corrected chi connectivity index (χ4v) is 1.76. The molecule has 0 fully saturated rings. The van der Waals surface area contributed by atoms with E-state index in [1.165, 1.54) is 7.11 Å². The fraction of sp³-hybridized carbons (Fsp3) is 0.133. The first-order valence-electron chi connectivity index (χ1n) is 6.06. The van der Waals surface area contributed by atoms with E-state index >= 15 is 0 Å². The van der Waals surface area contributed by atoms with Crippen molar-refractivity contribution in [3.8, 4) is 11.5 Å². The smallest absolute Gasteiger partial charge is 0.161 e. The molecular weight excluding hydrogens is 276 g/mol. The van der Waals surface area contributed by atoms with Gasteiger partial charge in [0.15, 0.2) is 11.5 Å². The Morgan fingerprint density at radius 1 is 1.25 bits per heavy atom. The van der Waals surface area contributed by atoms with Gasteiger partial charge in [0.2, 0.25) is 0 Å². The van der Waals surface area contributed by atoms with Crippen LogP contribution in [0, 0.1) is 0 Å². The summed E-state index contributed by atoms with van der Waals surface area (Å²) in [7, 11) is 1.51. The molecule has 0 saturated carbocycles. The van der Waals surface area contributed by atoms with Gasteiger partial charge in [-0.15, -0.1) is 0 Å². The molecular formula is C15H15ClN2O2. The van der Waals surface area contributed by atoms with Crippen LogP contribution in [0.25, 0.3) is 0 Å². The Morgan fingerprint density at radius 2 is 2.00 bits per heavy atom. The first-order chi connectivity index (χ1) is 9.69. The highest BCUT2D eigenvalue weighted by molar-refractivity contribution is 6.30. The van der Waals surface area contributed by atoms with Crippen molar-refractivity contribution in [2.24, 2.45) is 5.10 Å². The molecule has 0 aliphatic rings. The minimum Gasteiger partial charge on any atom is -0.504 e. The Hall–Kier alpha value is -2.20. The Bertz CT molecular complexity index is 597. The summed E-state index contributed by atoms with van der Waals surface area (Å²) < 4.78 is 5.03. The second-order valence-electron chi connectivity index (χ2n) is 4.15. The monoisotopic (exact) mass is 290 g/mol. The van der Waals surface area contributed by atoms with Gasteiger partial charge in [0.25, 0.3) is 0 Å². The minimum absolute atomic E-state index is 0.110. The van der Waals surface area contributed by atoms with Crippen molar-refractivity contribution in [3.63, 3.8) is 0 Å². The summed E-state index contributed by atoms with van der Waals surface area (Å²) in [5.74, 6) is 0.533. The van der Waals surface area contributed by atoms with Crippen LogP contribution in [0.15, 0.2) is 47.6 Å². The van der Waals surface area contributed by atoms with E-state index in [0.717, 1.165) is 11.1 Å². The highest BCUT2D eigenvalue weighted by Crippen LogP contribution is 2.25. The highest BCUT2D eigenvalue weighted by atomic mass is 35.5. The van der Waals surface area contributed by atoms with E-state index < -0.39 is 0 Å². The first kappa shape index (κ1) is 14.2. The Kier molecular flexibility index (Phi) is 4.85. The van der Waals surface area contributed by atoms with Gasteiger partial charge in [0.1, 0.15) is 0 Å². The Balaban J connectivity index is 1.91. The zero-order valence-electron chi connectivity index (χ0n) is 11.0. The molecule has 20 heavy (non-hydrogen) atoms. The number of benzene rings is 2. The molecule has 0 radical (unpaired) electrons. The summed E-state index contributed by atoms with van der Waals surface area (Å²) >= 11 is 5.81. The summed E-state index contributed by atoms with van der Waals surface area (Å²) in [6.45, 7) is 0.614. The lowest BCUT2D eigenvalue weighted by Gasteiger charge is -2.04. The molecule has 104 valence electrons. The van der Waals surface area contributed by atoms with E-state index in [1.54, 1.807) is 24.4 Å². The predicted octanol–water partition coefficient (Wildman–Crippen LogP) is 3.18. The fourth-order valence-electron chi connectivity index (χ4n) is 1.63. The molecule has 0 amide bonds. The number of nitrogens with zero attached hydrogens (tertiary/aromatic N) is 1. The van der Waals surface area contributed by atoms with E-state index in [-0.39, 0.29) is 5.75 Å². The number of halogens is 1. The molecule has 2 N–H and O–H groups in total. The van der Waals surface area contributed by atoms with Crippen LogP contribution in [0.1, 0.15) is 11.1 Å². The summed E-state index contributed by atoms with van der Waals surface area (Å²) in [5.41, 5.74) is 4.87. The van der Waals surface area contributed by atoms with Crippen LogP contribution >= 0.6 is 11.6 Å². The number of hydrogen-bond donors (Lipinski definition) is 2. The summed E-state index contributed by atoms with van der Waals surface area (Å²) in [6.07, 6.45) is 1.66. The number of phenolic OH excluding ortho intramolecular Hbond substituents is 1. The maximum atomic E-state index is 9.48. The largest absolute Gasteiger partial charge is 0.504 e. The third-order valence-electron chi connectivity index (χ3n) is 2.71. The topological polar surface area (TPSA) is 53.8 Å². The van der Waals surface area contributed by atoms with Gasteiger partial charge in [-0.1, -0.05) is 23.7 Å². The van der Waals surface area contributed by atoms with Crippen molar-refractivity contribution in [1.82, 2.24) is 5.43 Å². The van der Waals surface area contributed by atoms with E-state index in [0.29, 0.717) is 17.3 Å². The lowest BCUT2D eigenvalue weighted by molar-refractivity contribution is 0.373. The van der Waals surface area contributed by atoms with E-state index in [2.05, 4.69) is 10.5 Å². The third-order valence-corrected chi connectivity index (χ3v) is 2.96. The van der Waals surface area contributed by atoms with Crippen molar-refractivity contribution in [3.05, 3.63) is 58.6 Å². The summed E-state index contributed by atoms with van der Waals surface area (Å²) in [4.78, 5) is 0. The normalized spacial score (nSPS) is 10.7. The van der Waals surface area contributed by atoms with Crippen molar-refractivity contribution >= 4 is 17.8 Å². The molecule has 0 aliphatic heterocycles. The van der Waals surface area contributed by atoms with Gasteiger partial charge in [0, 0.05) is 5.02 Å². The van der Waals surface area contributed by atoms with Gasteiger partial charge in [0.05, 0.1) is 19.9 Å². The van der Waals surface area contributed by atoms with Crippen LogP contribution in [0.2, 0.25) is 5.02 Å². The molecule has 0 aliphatic carbocycles. The number of hydrazone groups is 1. The lowest BCUT2D eigenvalue weighted by Crippen LogP contribution is -2.05. The molecule has 0 unspecified atom stereocenters. The lowest BCUT2D eigenvalue weighted by atomic mass is 10.2. The van der Waals surface area contributed by atoms with E-state index in [1.807, 2.05) is 24.3 Å². The number of phenols is 1. The average Bonchev–Trinajstić information content (AvgIpc) is 2.47. The molecule has 0 spiro atoms. The van der Waals surface area contributed by atoms with Crippen LogP contribution in [-0.2, 0) is 6.54 Å². The molecule has 0 atom stereocenters. The van der Waals surface area contributed by atoms with Crippen molar-refractivity contribution in [2.45, 2.75) is 6.54 Å². The van der Waals surface area contributed by atoms with Crippen LogP contribution < -0.4 is 10.2 Å². The minimum atomic E-state index is 0.110. The number of nitrogens with one attached hydrogen (secondary N) is 1. The van der Waals surface area contributed by atoms with Gasteiger partial charge < -0.3 is 15.3 Å². The van der Waals surface area contributed by atoms with Gasteiger partial charge in [-0.2, -0.15) is 5.10 Å². The Morgan fingerprint density at radius 3 is 2.70 bits per heavy atom. The van der Waals surface area contributed by atoms with E-state index in [9.17, 15) is 5.11 Å². The molecule has 0 bridgehead atoms. The molecule has 0 saturated heterocycles. The molecule has 2 rings (SSSR count). The van der Waals surface area contributed by atoms with Crippen LogP contribution in [-0.4, -0.2) is 18.4 Å². The predicted molar refractivity (Wildman–Crippen MR) is 80.5 cm³/mol. The second kappa shape index (κ2) is 6.82. The number of aromatic hydroxyl groups is 1. The molecule has 0 heterocycles. The van der Waals surface area contributed by atoms with Gasteiger partial charge >= 0.3 is 0 Å². The number of methoxy groups -OCH3 is 1.